The van der Waals surface area contributed by atoms with Gasteiger partial charge in [-0.25, -0.2) is 0 Å². The number of halogens is 1. The molecule has 2 N–H and O–H groups in total. The van der Waals surface area contributed by atoms with Crippen LogP contribution >= 0.6 is 15.9 Å². The Morgan fingerprint density at radius 3 is 2.95 bits per heavy atom. The fraction of sp³-hybridized carbons (Fsp3) is 0.417. The molecule has 0 radical (unpaired) electrons. The van der Waals surface area contributed by atoms with Crippen LogP contribution in [0.3, 0.4) is 0 Å². The Balaban J connectivity index is 2.22. The number of carboxylic acid groups (broad SMARTS) is 1. The van der Waals surface area contributed by atoms with E-state index in [4.69, 9.17) is 9.84 Å². The van der Waals surface area contributed by atoms with Crippen LogP contribution in [-0.4, -0.2) is 52.7 Å². The first kappa shape index (κ1) is 14.7. The fourth-order valence-corrected chi connectivity index (χ4v) is 2.40. The maximum absolute atomic E-state index is 12.4. The molecule has 0 aliphatic carbocycles. The van der Waals surface area contributed by atoms with Gasteiger partial charge < -0.3 is 19.7 Å². The number of aromatic nitrogens is 1. The lowest BCUT2D eigenvalue weighted by atomic mass is 10.1. The van der Waals surface area contributed by atoms with Gasteiger partial charge in [-0.1, -0.05) is 0 Å². The highest BCUT2D eigenvalue weighted by atomic mass is 79.9. The van der Waals surface area contributed by atoms with Gasteiger partial charge in [-0.2, -0.15) is 0 Å². The average molecular weight is 345 g/mol. The summed E-state index contributed by atoms with van der Waals surface area (Å²) in [5, 5.41) is 8.87. The highest BCUT2D eigenvalue weighted by Gasteiger charge is 2.30. The number of hydrogen-bond acceptors (Lipinski definition) is 4. The van der Waals surface area contributed by atoms with Crippen LogP contribution in [0.15, 0.2) is 21.5 Å². The predicted molar refractivity (Wildman–Crippen MR) is 72.7 cm³/mol. The van der Waals surface area contributed by atoms with Crippen molar-refractivity contribution in [1.82, 2.24) is 9.88 Å². The standard InChI is InChI=1S/C12H13BrN2O5/c13-9-3-7(5-14-11(9)18)12(19)15-1-2-20-6-8(15)4-10(16)17/h3,5,8H,1-2,4,6H2,(H,14,18)(H,16,17). The van der Waals surface area contributed by atoms with Gasteiger partial charge in [0.25, 0.3) is 11.5 Å². The zero-order chi connectivity index (χ0) is 14.7. The van der Waals surface area contributed by atoms with Gasteiger partial charge in [-0.05, 0) is 22.0 Å². The predicted octanol–water partition coefficient (Wildman–Crippen LogP) is 0.453. The van der Waals surface area contributed by atoms with Crippen molar-refractivity contribution in [3.8, 4) is 0 Å². The van der Waals surface area contributed by atoms with Crippen molar-refractivity contribution in [2.75, 3.05) is 19.8 Å². The van der Waals surface area contributed by atoms with Crippen LogP contribution in [-0.2, 0) is 9.53 Å². The minimum Gasteiger partial charge on any atom is -0.481 e. The zero-order valence-electron chi connectivity index (χ0n) is 10.5. The molecule has 8 heteroatoms. The molecule has 1 atom stereocenters. The summed E-state index contributed by atoms with van der Waals surface area (Å²) in [5.41, 5.74) is -0.0284. The molecule has 1 aromatic heterocycles. The molecule has 1 aromatic rings. The molecule has 0 saturated carbocycles. The number of H-pyrrole nitrogens is 1. The Bertz CT molecular complexity index is 585. The summed E-state index contributed by atoms with van der Waals surface area (Å²) in [7, 11) is 0. The molecule has 1 saturated heterocycles. The molecule has 1 fully saturated rings. The van der Waals surface area contributed by atoms with Gasteiger partial charge in [0, 0.05) is 12.7 Å². The lowest BCUT2D eigenvalue weighted by Crippen LogP contribution is -2.49. The third kappa shape index (κ3) is 3.26. The van der Waals surface area contributed by atoms with E-state index in [-0.39, 0.29) is 29.0 Å². The number of aliphatic carboxylic acids is 1. The first-order valence-electron chi connectivity index (χ1n) is 5.98. The number of ether oxygens (including phenoxy) is 1. The van der Waals surface area contributed by atoms with E-state index in [1.807, 2.05) is 0 Å². The van der Waals surface area contributed by atoms with Crippen molar-refractivity contribution in [2.24, 2.45) is 0 Å². The summed E-state index contributed by atoms with van der Waals surface area (Å²) in [5.74, 6) is -1.31. The van der Waals surface area contributed by atoms with Gasteiger partial charge in [0.15, 0.2) is 0 Å². The third-order valence-electron chi connectivity index (χ3n) is 3.00. The zero-order valence-corrected chi connectivity index (χ0v) is 12.1. The molecule has 1 unspecified atom stereocenters. The molecule has 7 nitrogen and oxygen atoms in total. The minimum absolute atomic E-state index is 0.170. The fourth-order valence-electron chi connectivity index (χ4n) is 2.04. The lowest BCUT2D eigenvalue weighted by molar-refractivity contribution is -0.139. The summed E-state index contributed by atoms with van der Waals surface area (Å²) < 4.78 is 5.47. The van der Waals surface area contributed by atoms with Crippen LogP contribution < -0.4 is 5.56 Å². The summed E-state index contributed by atoms with van der Waals surface area (Å²) >= 11 is 3.06. The Morgan fingerprint density at radius 1 is 1.55 bits per heavy atom. The molecule has 0 bridgehead atoms. The van der Waals surface area contributed by atoms with E-state index >= 15 is 0 Å². The Labute approximate surface area is 122 Å². The molecule has 0 spiro atoms. The third-order valence-corrected chi connectivity index (χ3v) is 3.59. The first-order chi connectivity index (χ1) is 9.49. The second-order valence-electron chi connectivity index (χ2n) is 4.39. The number of morpholine rings is 1. The van der Waals surface area contributed by atoms with Crippen LogP contribution in [0.4, 0.5) is 0 Å². The molecule has 2 rings (SSSR count). The number of amides is 1. The average Bonchev–Trinajstić information content (AvgIpc) is 2.41. The molecule has 20 heavy (non-hydrogen) atoms. The molecular weight excluding hydrogens is 332 g/mol. The number of aromatic amines is 1. The molecule has 2 heterocycles. The normalized spacial score (nSPS) is 18.9. The Kier molecular flexibility index (Phi) is 4.56. The van der Waals surface area contributed by atoms with Crippen LogP contribution in [0, 0.1) is 0 Å². The second kappa shape index (κ2) is 6.19. The van der Waals surface area contributed by atoms with Gasteiger partial charge >= 0.3 is 5.97 Å². The van der Waals surface area contributed by atoms with Gasteiger partial charge in [0.2, 0.25) is 0 Å². The number of carbonyl (C=O) groups is 2. The summed E-state index contributed by atoms with van der Waals surface area (Å²) in [6.07, 6.45) is 1.15. The smallest absolute Gasteiger partial charge is 0.305 e. The number of hydrogen-bond donors (Lipinski definition) is 2. The van der Waals surface area contributed by atoms with Gasteiger partial charge in [0.1, 0.15) is 0 Å². The van der Waals surface area contributed by atoms with Crippen LogP contribution in [0.5, 0.6) is 0 Å². The van der Waals surface area contributed by atoms with Crippen molar-refractivity contribution >= 4 is 27.8 Å². The number of nitrogens with one attached hydrogen (secondary N) is 1. The Hall–Kier alpha value is -1.67. The van der Waals surface area contributed by atoms with Crippen molar-refractivity contribution in [2.45, 2.75) is 12.5 Å². The topological polar surface area (TPSA) is 99.7 Å². The largest absolute Gasteiger partial charge is 0.481 e. The van der Waals surface area contributed by atoms with E-state index in [1.54, 1.807) is 0 Å². The van der Waals surface area contributed by atoms with Gasteiger partial charge in [-0.15, -0.1) is 0 Å². The highest BCUT2D eigenvalue weighted by Crippen LogP contribution is 2.16. The maximum atomic E-state index is 12.4. The number of carboxylic acids is 1. The van der Waals surface area contributed by atoms with E-state index in [0.717, 1.165) is 0 Å². The lowest BCUT2D eigenvalue weighted by Gasteiger charge is -2.34. The van der Waals surface area contributed by atoms with Gasteiger partial charge in [-0.3, -0.25) is 14.4 Å². The van der Waals surface area contributed by atoms with Crippen LogP contribution in [0.2, 0.25) is 0 Å². The quantitative estimate of drug-likeness (QED) is 0.829. The van der Waals surface area contributed by atoms with Crippen molar-refractivity contribution in [3.63, 3.8) is 0 Å². The number of nitrogens with zero attached hydrogens (tertiary/aromatic N) is 1. The van der Waals surface area contributed by atoms with Crippen molar-refractivity contribution < 1.29 is 19.4 Å². The Morgan fingerprint density at radius 2 is 2.30 bits per heavy atom. The van der Waals surface area contributed by atoms with Crippen molar-refractivity contribution in [1.29, 1.82) is 0 Å². The van der Waals surface area contributed by atoms with Crippen LogP contribution in [0.25, 0.3) is 0 Å². The first-order valence-corrected chi connectivity index (χ1v) is 6.77. The highest BCUT2D eigenvalue weighted by molar-refractivity contribution is 9.10. The maximum Gasteiger partial charge on any atom is 0.305 e. The molecule has 0 aromatic carbocycles. The van der Waals surface area contributed by atoms with Gasteiger partial charge in [0.05, 0.1) is 35.7 Å². The SMILES string of the molecule is O=C(O)CC1COCCN1C(=O)c1c[nH]c(=O)c(Br)c1. The van der Waals surface area contributed by atoms with E-state index in [9.17, 15) is 14.4 Å². The summed E-state index contributed by atoms with van der Waals surface area (Å²) in [6, 6.07) is 0.925. The van der Waals surface area contributed by atoms with Crippen molar-refractivity contribution in [3.05, 3.63) is 32.7 Å². The van der Waals surface area contributed by atoms with E-state index in [0.29, 0.717) is 18.7 Å². The molecule has 1 aliphatic heterocycles. The molecular formula is C12H13BrN2O5. The number of carbonyl (C=O) groups excluding carboxylic acids is 1. The second-order valence-corrected chi connectivity index (χ2v) is 5.24. The van der Waals surface area contributed by atoms with Crippen LogP contribution in [0.1, 0.15) is 16.8 Å². The molecule has 1 aliphatic rings. The number of rotatable bonds is 3. The summed E-state index contributed by atoms with van der Waals surface area (Å²) in [4.78, 5) is 38.4. The monoisotopic (exact) mass is 344 g/mol. The molecule has 1 amide bonds. The number of pyridine rings is 1. The van der Waals surface area contributed by atoms with E-state index in [2.05, 4.69) is 20.9 Å². The van der Waals surface area contributed by atoms with E-state index in [1.165, 1.54) is 17.2 Å². The molecule has 108 valence electrons. The van der Waals surface area contributed by atoms with E-state index < -0.39 is 12.0 Å². The minimum atomic E-state index is -0.985. The summed E-state index contributed by atoms with van der Waals surface area (Å²) in [6.45, 7) is 0.891.